The predicted molar refractivity (Wildman–Crippen MR) is 104 cm³/mol. The summed E-state index contributed by atoms with van der Waals surface area (Å²) in [5.74, 6) is 1.97. The molecule has 8 heteroatoms. The summed E-state index contributed by atoms with van der Waals surface area (Å²) < 4.78 is 0. The molecule has 26 heavy (non-hydrogen) atoms. The number of carbonyl (C=O) groups excluding carboxylic acids is 3. The number of nitrogens with one attached hydrogen (secondary N) is 2. The van der Waals surface area contributed by atoms with Gasteiger partial charge in [-0.05, 0) is 31.6 Å². The maximum Gasteiger partial charge on any atom is 0.239 e. The number of hydrogen-bond donors (Lipinski definition) is 3. The lowest BCUT2D eigenvalue weighted by Gasteiger charge is -2.34. The van der Waals surface area contributed by atoms with Crippen LogP contribution in [0.1, 0.15) is 39.5 Å². The van der Waals surface area contributed by atoms with Gasteiger partial charge in [0.05, 0.1) is 12.6 Å². The van der Waals surface area contributed by atoms with Crippen molar-refractivity contribution in [3.8, 4) is 0 Å². The molecule has 1 aliphatic heterocycles. The van der Waals surface area contributed by atoms with Gasteiger partial charge < -0.3 is 21.3 Å². The molecule has 148 valence electrons. The lowest BCUT2D eigenvalue weighted by molar-refractivity contribution is -0.136. The van der Waals surface area contributed by atoms with Crippen LogP contribution in [0.4, 0.5) is 0 Å². The van der Waals surface area contributed by atoms with Crippen molar-refractivity contribution >= 4 is 29.5 Å². The molecule has 2 rings (SSSR count). The smallest absolute Gasteiger partial charge is 0.239 e. The molecule has 0 radical (unpaired) electrons. The van der Waals surface area contributed by atoms with Crippen LogP contribution in [-0.4, -0.2) is 65.8 Å². The molecule has 2 fully saturated rings. The molecule has 0 aromatic heterocycles. The third kappa shape index (κ3) is 6.16. The Kier molecular flexibility index (Phi) is 8.21. The molecule has 0 unspecified atom stereocenters. The topological polar surface area (TPSA) is 105 Å². The van der Waals surface area contributed by atoms with Crippen LogP contribution in [0, 0.1) is 11.8 Å². The Morgan fingerprint density at radius 2 is 1.73 bits per heavy atom. The van der Waals surface area contributed by atoms with E-state index in [0.717, 1.165) is 50.3 Å². The second-order valence-electron chi connectivity index (χ2n) is 7.54. The van der Waals surface area contributed by atoms with Crippen molar-refractivity contribution in [2.45, 2.75) is 51.6 Å². The fourth-order valence-electron chi connectivity index (χ4n) is 3.39. The van der Waals surface area contributed by atoms with Crippen LogP contribution in [-0.2, 0) is 14.4 Å². The summed E-state index contributed by atoms with van der Waals surface area (Å²) in [6.45, 7) is 5.40. The van der Waals surface area contributed by atoms with Gasteiger partial charge in [-0.1, -0.05) is 13.8 Å². The van der Waals surface area contributed by atoms with Crippen LogP contribution < -0.4 is 16.4 Å². The van der Waals surface area contributed by atoms with E-state index >= 15 is 0 Å². The van der Waals surface area contributed by atoms with Crippen LogP contribution in [0.25, 0.3) is 0 Å². The highest BCUT2D eigenvalue weighted by Crippen LogP contribution is 2.27. The van der Waals surface area contributed by atoms with Crippen molar-refractivity contribution in [3.63, 3.8) is 0 Å². The number of nitrogens with two attached hydrogens (primary N) is 1. The predicted octanol–water partition coefficient (Wildman–Crippen LogP) is 0.336. The Balaban J connectivity index is 1.67. The normalized spacial score (nSPS) is 24.8. The van der Waals surface area contributed by atoms with E-state index in [1.165, 1.54) is 0 Å². The van der Waals surface area contributed by atoms with Gasteiger partial charge in [-0.25, -0.2) is 0 Å². The van der Waals surface area contributed by atoms with E-state index in [2.05, 4.69) is 10.6 Å². The first-order chi connectivity index (χ1) is 12.4. The first-order valence-electron chi connectivity index (χ1n) is 9.57. The lowest BCUT2D eigenvalue weighted by Crippen LogP contribution is -2.49. The average Bonchev–Trinajstić information content (AvgIpc) is 2.66. The maximum atomic E-state index is 12.5. The summed E-state index contributed by atoms with van der Waals surface area (Å²) in [5, 5.41) is 5.54. The molecule has 1 saturated heterocycles. The zero-order valence-electron chi connectivity index (χ0n) is 15.8. The van der Waals surface area contributed by atoms with Crippen LogP contribution in [0.2, 0.25) is 0 Å². The Labute approximate surface area is 160 Å². The van der Waals surface area contributed by atoms with Crippen LogP contribution in [0.5, 0.6) is 0 Å². The van der Waals surface area contributed by atoms with E-state index in [-0.39, 0.29) is 42.1 Å². The van der Waals surface area contributed by atoms with Crippen molar-refractivity contribution in [1.82, 2.24) is 15.5 Å². The van der Waals surface area contributed by atoms with Crippen molar-refractivity contribution in [2.24, 2.45) is 17.6 Å². The van der Waals surface area contributed by atoms with Gasteiger partial charge in [-0.15, -0.1) is 0 Å². The van der Waals surface area contributed by atoms with Gasteiger partial charge in [-0.2, -0.15) is 11.8 Å². The average molecular weight is 385 g/mol. The van der Waals surface area contributed by atoms with Gasteiger partial charge in [-0.3, -0.25) is 14.4 Å². The highest BCUT2D eigenvalue weighted by atomic mass is 32.2. The minimum absolute atomic E-state index is 0.0318. The monoisotopic (exact) mass is 384 g/mol. The fourth-order valence-corrected chi connectivity index (χ4v) is 4.30. The molecule has 7 nitrogen and oxygen atoms in total. The molecule has 0 spiro atoms. The van der Waals surface area contributed by atoms with Gasteiger partial charge in [0.1, 0.15) is 0 Å². The molecule has 2 aliphatic rings. The maximum absolute atomic E-state index is 12.5. The molecule has 1 saturated carbocycles. The van der Waals surface area contributed by atoms with Crippen molar-refractivity contribution in [1.29, 1.82) is 0 Å². The van der Waals surface area contributed by atoms with Crippen molar-refractivity contribution in [2.75, 3.05) is 31.1 Å². The summed E-state index contributed by atoms with van der Waals surface area (Å²) in [6.07, 6.45) is 3.25. The van der Waals surface area contributed by atoms with E-state index in [1.54, 1.807) is 0 Å². The summed E-state index contributed by atoms with van der Waals surface area (Å²) in [7, 11) is 0. The zero-order valence-corrected chi connectivity index (χ0v) is 16.6. The number of nitrogens with zero attached hydrogens (tertiary/aromatic N) is 1. The highest BCUT2D eigenvalue weighted by Gasteiger charge is 2.30. The molecule has 1 aliphatic carbocycles. The quantitative estimate of drug-likeness (QED) is 0.612. The summed E-state index contributed by atoms with van der Waals surface area (Å²) in [4.78, 5) is 38.4. The molecule has 1 atom stereocenters. The Morgan fingerprint density at radius 1 is 1.12 bits per heavy atom. The van der Waals surface area contributed by atoms with Crippen LogP contribution >= 0.6 is 11.8 Å². The lowest BCUT2D eigenvalue weighted by atomic mass is 9.85. The Morgan fingerprint density at radius 3 is 2.31 bits per heavy atom. The second-order valence-corrected chi connectivity index (χ2v) is 8.77. The van der Waals surface area contributed by atoms with Gasteiger partial charge in [0, 0.05) is 36.6 Å². The van der Waals surface area contributed by atoms with E-state index in [1.807, 2.05) is 30.5 Å². The molecule has 4 N–H and O–H groups in total. The van der Waals surface area contributed by atoms with Crippen LogP contribution in [0.15, 0.2) is 0 Å². The van der Waals surface area contributed by atoms with Crippen molar-refractivity contribution < 1.29 is 14.4 Å². The minimum Gasteiger partial charge on any atom is -0.352 e. The van der Waals surface area contributed by atoms with Gasteiger partial charge in [0.2, 0.25) is 17.7 Å². The van der Waals surface area contributed by atoms with Gasteiger partial charge >= 0.3 is 0 Å². The molecule has 1 heterocycles. The number of carbonyl (C=O) groups is 3. The molecular weight excluding hydrogens is 352 g/mol. The van der Waals surface area contributed by atoms with E-state index < -0.39 is 6.04 Å². The van der Waals surface area contributed by atoms with E-state index in [0.29, 0.717) is 0 Å². The highest BCUT2D eigenvalue weighted by molar-refractivity contribution is 7.99. The summed E-state index contributed by atoms with van der Waals surface area (Å²) in [5.41, 5.74) is 5.75. The minimum atomic E-state index is -0.600. The largest absolute Gasteiger partial charge is 0.352 e. The first kappa shape index (κ1) is 21.0. The molecule has 3 amide bonds. The Bertz CT molecular complexity index is 501. The van der Waals surface area contributed by atoms with E-state index in [4.69, 9.17) is 5.73 Å². The molecule has 0 aromatic rings. The summed E-state index contributed by atoms with van der Waals surface area (Å²) >= 11 is 1.90. The number of hydrogen-bond acceptors (Lipinski definition) is 5. The van der Waals surface area contributed by atoms with Crippen LogP contribution in [0.3, 0.4) is 0 Å². The van der Waals surface area contributed by atoms with E-state index in [9.17, 15) is 14.4 Å². The number of thioether (sulfide) groups is 1. The third-order valence-corrected chi connectivity index (χ3v) is 6.15. The zero-order chi connectivity index (χ0) is 19.1. The summed E-state index contributed by atoms with van der Waals surface area (Å²) in [6, 6.07) is -0.517. The third-order valence-electron chi connectivity index (χ3n) is 5.21. The SMILES string of the molecule is CC(C)[C@H](N)C(=O)NCC(=O)NC1CCC(C(=O)N2CCSCC2)CC1. The standard InChI is InChI=1S/C18H32N4O3S/c1-12(2)16(19)17(24)20-11-15(23)21-14-5-3-13(4-6-14)18(25)22-7-9-26-10-8-22/h12-14,16H,3-11,19H2,1-2H3,(H,20,24)(H,21,23)/t13?,14?,16-/m0/s1. The molecular formula is C18H32N4O3S. The second kappa shape index (κ2) is 10.2. The van der Waals surface area contributed by atoms with Gasteiger partial charge in [0.25, 0.3) is 0 Å². The molecule has 0 bridgehead atoms. The first-order valence-corrected chi connectivity index (χ1v) is 10.7. The molecule has 0 aromatic carbocycles. The fraction of sp³-hybridized carbons (Fsp3) is 0.833. The number of rotatable bonds is 6. The Hall–Kier alpha value is -1.28. The number of amides is 3. The van der Waals surface area contributed by atoms with Crippen molar-refractivity contribution in [3.05, 3.63) is 0 Å². The van der Waals surface area contributed by atoms with Gasteiger partial charge in [0.15, 0.2) is 0 Å².